The Bertz CT molecular complexity index is 518. The molecule has 0 radical (unpaired) electrons. The molecule has 0 bridgehead atoms. The minimum atomic E-state index is -0.215. The van der Waals surface area contributed by atoms with Gasteiger partial charge in [0.15, 0.2) is 5.65 Å². The third-order valence-corrected chi connectivity index (χ3v) is 2.74. The Balaban J connectivity index is 2.28. The van der Waals surface area contributed by atoms with Crippen LogP contribution in [0.1, 0.15) is 25.8 Å². The molecule has 2 heterocycles. The third kappa shape index (κ3) is 2.55. The summed E-state index contributed by atoms with van der Waals surface area (Å²) >= 11 is 0. The van der Waals surface area contributed by atoms with Gasteiger partial charge in [-0.15, -0.1) is 5.10 Å². The van der Waals surface area contributed by atoms with Gasteiger partial charge in [0.2, 0.25) is 5.95 Å². The maximum Gasteiger partial charge on any atom is 0.243 e. The first-order valence-electron chi connectivity index (χ1n) is 5.73. The van der Waals surface area contributed by atoms with Crippen LogP contribution in [0.15, 0.2) is 18.3 Å². The number of fused-ring (bicyclic) bond motifs is 1. The Morgan fingerprint density at radius 1 is 1.47 bits per heavy atom. The Morgan fingerprint density at radius 3 is 2.88 bits per heavy atom. The van der Waals surface area contributed by atoms with Gasteiger partial charge in [0.05, 0.1) is 0 Å². The molecule has 92 valence electrons. The van der Waals surface area contributed by atoms with Crippen molar-refractivity contribution in [3.63, 3.8) is 0 Å². The van der Waals surface area contributed by atoms with Crippen molar-refractivity contribution in [1.29, 1.82) is 0 Å². The molecule has 2 aromatic rings. The standard InChI is InChI=1S/C12H18N4O/c1-9-5-4-7-16-10(9)13-11(15-16)14-12(2,3)6-8-17/h4-5,7,17H,6,8H2,1-3H3,(H,14,15). The molecular weight excluding hydrogens is 216 g/mol. The predicted molar refractivity (Wildman–Crippen MR) is 67.1 cm³/mol. The summed E-state index contributed by atoms with van der Waals surface area (Å²) in [5.74, 6) is 0.595. The maximum absolute atomic E-state index is 8.98. The molecule has 0 atom stereocenters. The van der Waals surface area contributed by atoms with Crippen molar-refractivity contribution in [2.24, 2.45) is 0 Å². The highest BCUT2D eigenvalue weighted by Gasteiger charge is 2.19. The Kier molecular flexibility index (Phi) is 3.02. The number of aromatic nitrogens is 3. The van der Waals surface area contributed by atoms with Crippen molar-refractivity contribution in [2.45, 2.75) is 32.7 Å². The summed E-state index contributed by atoms with van der Waals surface area (Å²) in [5.41, 5.74) is 1.73. The second kappa shape index (κ2) is 4.33. The highest BCUT2D eigenvalue weighted by atomic mass is 16.3. The van der Waals surface area contributed by atoms with E-state index in [9.17, 15) is 0 Å². The minimum Gasteiger partial charge on any atom is -0.396 e. The van der Waals surface area contributed by atoms with Crippen molar-refractivity contribution in [1.82, 2.24) is 14.6 Å². The number of aliphatic hydroxyl groups is 1. The number of hydrogen-bond donors (Lipinski definition) is 2. The van der Waals surface area contributed by atoms with Crippen molar-refractivity contribution in [3.05, 3.63) is 23.9 Å². The molecule has 0 aliphatic rings. The Labute approximate surface area is 100 Å². The molecule has 0 amide bonds. The highest BCUT2D eigenvalue weighted by molar-refractivity contribution is 5.50. The van der Waals surface area contributed by atoms with E-state index in [1.54, 1.807) is 4.52 Å². The molecule has 2 rings (SSSR count). The zero-order valence-corrected chi connectivity index (χ0v) is 10.4. The van der Waals surface area contributed by atoms with Crippen LogP contribution in [0.4, 0.5) is 5.95 Å². The van der Waals surface area contributed by atoms with Crippen LogP contribution in [0.3, 0.4) is 0 Å². The van der Waals surface area contributed by atoms with Gasteiger partial charge in [0.1, 0.15) is 0 Å². The van der Waals surface area contributed by atoms with E-state index < -0.39 is 0 Å². The summed E-state index contributed by atoms with van der Waals surface area (Å²) in [6.45, 7) is 6.18. The van der Waals surface area contributed by atoms with Crippen LogP contribution in [0.2, 0.25) is 0 Å². The van der Waals surface area contributed by atoms with Gasteiger partial charge in [0, 0.05) is 18.3 Å². The topological polar surface area (TPSA) is 62.5 Å². The first kappa shape index (κ1) is 11.9. The van der Waals surface area contributed by atoms with Gasteiger partial charge in [0.25, 0.3) is 0 Å². The summed E-state index contributed by atoms with van der Waals surface area (Å²) in [4.78, 5) is 4.44. The van der Waals surface area contributed by atoms with Crippen LogP contribution in [0.5, 0.6) is 0 Å². The zero-order valence-electron chi connectivity index (χ0n) is 10.4. The van der Waals surface area contributed by atoms with Crippen molar-refractivity contribution in [3.8, 4) is 0 Å². The largest absolute Gasteiger partial charge is 0.396 e. The van der Waals surface area contributed by atoms with Crippen LogP contribution in [-0.4, -0.2) is 31.9 Å². The number of nitrogens with one attached hydrogen (secondary N) is 1. The monoisotopic (exact) mass is 234 g/mol. The van der Waals surface area contributed by atoms with Crippen LogP contribution >= 0.6 is 0 Å². The second-order valence-electron chi connectivity index (χ2n) is 4.88. The molecule has 0 unspecified atom stereocenters. The van der Waals surface area contributed by atoms with Gasteiger partial charge in [-0.3, -0.25) is 0 Å². The summed E-state index contributed by atoms with van der Waals surface area (Å²) in [5, 5.41) is 16.6. The van der Waals surface area contributed by atoms with E-state index in [1.165, 1.54) is 0 Å². The summed E-state index contributed by atoms with van der Waals surface area (Å²) in [6.07, 6.45) is 2.53. The molecule has 0 saturated heterocycles. The van der Waals surface area contributed by atoms with Crippen LogP contribution in [0.25, 0.3) is 5.65 Å². The number of anilines is 1. The van der Waals surface area contributed by atoms with Gasteiger partial charge in [-0.2, -0.15) is 4.98 Å². The number of aliphatic hydroxyl groups excluding tert-OH is 1. The fourth-order valence-corrected chi connectivity index (χ4v) is 1.74. The van der Waals surface area contributed by atoms with Crippen LogP contribution < -0.4 is 5.32 Å². The molecule has 0 saturated carbocycles. The van der Waals surface area contributed by atoms with E-state index >= 15 is 0 Å². The van der Waals surface area contributed by atoms with Gasteiger partial charge < -0.3 is 10.4 Å². The summed E-state index contributed by atoms with van der Waals surface area (Å²) < 4.78 is 1.76. The van der Waals surface area contributed by atoms with E-state index in [4.69, 9.17) is 5.11 Å². The quantitative estimate of drug-likeness (QED) is 0.843. The lowest BCUT2D eigenvalue weighted by molar-refractivity contribution is 0.260. The van der Waals surface area contributed by atoms with Crippen molar-refractivity contribution < 1.29 is 5.11 Å². The molecule has 5 heteroatoms. The number of nitrogens with zero attached hydrogens (tertiary/aromatic N) is 3. The Hall–Kier alpha value is -1.62. The fraction of sp³-hybridized carbons (Fsp3) is 0.500. The molecule has 17 heavy (non-hydrogen) atoms. The molecule has 0 aromatic carbocycles. The predicted octanol–water partition coefficient (Wildman–Crippen LogP) is 1.61. The molecule has 0 aliphatic heterocycles. The smallest absolute Gasteiger partial charge is 0.243 e. The first-order valence-corrected chi connectivity index (χ1v) is 5.73. The normalized spacial score (nSPS) is 12.0. The molecule has 0 aliphatic carbocycles. The lowest BCUT2D eigenvalue weighted by atomic mass is 10.0. The summed E-state index contributed by atoms with van der Waals surface area (Å²) in [6, 6.07) is 3.95. The van der Waals surface area contributed by atoms with Gasteiger partial charge in [-0.05, 0) is 38.8 Å². The second-order valence-corrected chi connectivity index (χ2v) is 4.88. The van der Waals surface area contributed by atoms with Crippen molar-refractivity contribution in [2.75, 3.05) is 11.9 Å². The number of aryl methyl sites for hydroxylation is 1. The average Bonchev–Trinajstić information content (AvgIpc) is 2.60. The van der Waals surface area contributed by atoms with E-state index in [1.807, 2.05) is 39.1 Å². The van der Waals surface area contributed by atoms with E-state index in [2.05, 4.69) is 15.4 Å². The van der Waals surface area contributed by atoms with Crippen LogP contribution in [0, 0.1) is 6.92 Å². The Morgan fingerprint density at radius 2 is 2.24 bits per heavy atom. The number of hydrogen-bond acceptors (Lipinski definition) is 4. The third-order valence-electron chi connectivity index (χ3n) is 2.74. The maximum atomic E-state index is 8.98. The number of rotatable bonds is 4. The molecule has 0 spiro atoms. The van der Waals surface area contributed by atoms with Crippen molar-refractivity contribution >= 4 is 11.6 Å². The SMILES string of the molecule is Cc1cccn2nc(NC(C)(C)CCO)nc12. The molecular formula is C12H18N4O. The minimum absolute atomic E-state index is 0.145. The molecule has 0 fully saturated rings. The fourth-order valence-electron chi connectivity index (χ4n) is 1.74. The molecule has 2 N–H and O–H groups in total. The van der Waals surface area contributed by atoms with Gasteiger partial charge >= 0.3 is 0 Å². The van der Waals surface area contributed by atoms with Gasteiger partial charge in [-0.1, -0.05) is 6.07 Å². The van der Waals surface area contributed by atoms with Crippen LogP contribution in [-0.2, 0) is 0 Å². The van der Waals surface area contributed by atoms with Gasteiger partial charge in [-0.25, -0.2) is 4.52 Å². The summed E-state index contributed by atoms with van der Waals surface area (Å²) in [7, 11) is 0. The molecule has 5 nitrogen and oxygen atoms in total. The molecule has 2 aromatic heterocycles. The average molecular weight is 234 g/mol. The first-order chi connectivity index (χ1) is 8.02. The van der Waals surface area contributed by atoms with E-state index in [-0.39, 0.29) is 12.1 Å². The lowest BCUT2D eigenvalue weighted by Crippen LogP contribution is -2.32. The lowest BCUT2D eigenvalue weighted by Gasteiger charge is -2.24. The zero-order chi connectivity index (χ0) is 12.5. The highest BCUT2D eigenvalue weighted by Crippen LogP contribution is 2.16. The number of pyridine rings is 1. The van der Waals surface area contributed by atoms with E-state index in [0.717, 1.165) is 11.2 Å². The van der Waals surface area contributed by atoms with E-state index in [0.29, 0.717) is 12.4 Å².